The zero-order valence-electron chi connectivity index (χ0n) is 8.92. The van der Waals surface area contributed by atoms with Gasteiger partial charge in [0.15, 0.2) is 0 Å². The van der Waals surface area contributed by atoms with Crippen molar-refractivity contribution < 1.29 is 9.90 Å². The predicted octanol–water partition coefficient (Wildman–Crippen LogP) is 0.983. The van der Waals surface area contributed by atoms with Crippen LogP contribution in [0.4, 0.5) is 0 Å². The molecule has 6 nitrogen and oxygen atoms in total. The first-order valence-electron chi connectivity index (χ1n) is 5.30. The lowest BCUT2D eigenvalue weighted by Crippen LogP contribution is -2.19. The number of rotatable bonds is 3. The first kappa shape index (κ1) is 9.95. The van der Waals surface area contributed by atoms with Crippen molar-refractivity contribution in [3.8, 4) is 11.4 Å². The van der Waals surface area contributed by atoms with Gasteiger partial charge in [0.1, 0.15) is 0 Å². The van der Waals surface area contributed by atoms with E-state index in [0.29, 0.717) is 18.7 Å². The third kappa shape index (κ3) is 1.49. The second kappa shape index (κ2) is 3.38. The first-order valence-corrected chi connectivity index (χ1v) is 5.30. The molecule has 6 heteroatoms. The number of benzene rings is 1. The van der Waals surface area contributed by atoms with E-state index in [1.165, 1.54) is 0 Å². The molecule has 3 rings (SSSR count). The van der Waals surface area contributed by atoms with E-state index in [9.17, 15) is 9.90 Å². The summed E-state index contributed by atoms with van der Waals surface area (Å²) in [5.74, 6) is -0.282. The van der Waals surface area contributed by atoms with Gasteiger partial charge < -0.3 is 5.11 Å². The van der Waals surface area contributed by atoms with E-state index in [-0.39, 0.29) is 0 Å². The number of aromatic nitrogens is 4. The fraction of sp³-hybridized carbons (Fsp3) is 0.273. The summed E-state index contributed by atoms with van der Waals surface area (Å²) >= 11 is 0. The highest BCUT2D eigenvalue weighted by molar-refractivity contribution is 5.85. The van der Waals surface area contributed by atoms with Crippen molar-refractivity contribution in [3.63, 3.8) is 0 Å². The zero-order valence-corrected chi connectivity index (χ0v) is 8.92. The molecule has 0 unspecified atom stereocenters. The number of aromatic amines is 1. The van der Waals surface area contributed by atoms with Gasteiger partial charge in [-0.15, -0.1) is 10.2 Å². The van der Waals surface area contributed by atoms with Crippen molar-refractivity contribution in [1.82, 2.24) is 20.6 Å². The average Bonchev–Trinajstić information content (AvgIpc) is 2.98. The fourth-order valence-electron chi connectivity index (χ4n) is 1.99. The molecule has 1 heterocycles. The van der Waals surface area contributed by atoms with Crippen LogP contribution in [0.1, 0.15) is 18.4 Å². The predicted molar refractivity (Wildman–Crippen MR) is 58.2 cm³/mol. The minimum absolute atomic E-state index is 0.480. The van der Waals surface area contributed by atoms with Gasteiger partial charge in [0.2, 0.25) is 5.82 Å². The molecular formula is C11H10N4O2. The van der Waals surface area contributed by atoms with Crippen LogP contribution in [0, 0.1) is 0 Å². The van der Waals surface area contributed by atoms with Gasteiger partial charge in [0, 0.05) is 5.56 Å². The second-order valence-electron chi connectivity index (χ2n) is 4.20. The molecule has 0 atom stereocenters. The molecule has 1 fully saturated rings. The zero-order chi connectivity index (χ0) is 11.9. The minimum atomic E-state index is -0.761. The average molecular weight is 230 g/mol. The van der Waals surface area contributed by atoms with Crippen LogP contribution in [0.5, 0.6) is 0 Å². The monoisotopic (exact) mass is 230 g/mol. The standard InChI is InChI=1S/C11H10N4O2/c16-10(17)11(4-5-11)8-3-1-2-7(6-8)9-12-14-15-13-9/h1-3,6H,4-5H2,(H,16,17)(H,12,13,14,15). The summed E-state index contributed by atoms with van der Waals surface area (Å²) in [6.45, 7) is 0. The van der Waals surface area contributed by atoms with Crippen molar-refractivity contribution in [2.75, 3.05) is 0 Å². The topological polar surface area (TPSA) is 91.8 Å². The van der Waals surface area contributed by atoms with Crippen LogP contribution >= 0.6 is 0 Å². The van der Waals surface area contributed by atoms with Crippen LogP contribution in [0.3, 0.4) is 0 Å². The molecule has 0 saturated heterocycles. The number of hydrogen-bond donors (Lipinski definition) is 2. The lowest BCUT2D eigenvalue weighted by molar-refractivity contribution is -0.140. The Balaban J connectivity index is 2.04. The third-order valence-electron chi connectivity index (χ3n) is 3.18. The number of carboxylic acids is 1. The molecular weight excluding hydrogens is 220 g/mol. The maximum atomic E-state index is 11.2. The van der Waals surface area contributed by atoms with Gasteiger partial charge in [-0.1, -0.05) is 18.2 Å². The number of H-pyrrole nitrogens is 1. The molecule has 1 saturated carbocycles. The van der Waals surface area contributed by atoms with E-state index >= 15 is 0 Å². The highest BCUT2D eigenvalue weighted by Crippen LogP contribution is 2.48. The number of nitrogens with one attached hydrogen (secondary N) is 1. The van der Waals surface area contributed by atoms with Crippen LogP contribution in [-0.4, -0.2) is 31.7 Å². The summed E-state index contributed by atoms with van der Waals surface area (Å²) in [6, 6.07) is 7.33. The molecule has 86 valence electrons. The molecule has 1 aromatic heterocycles. The summed E-state index contributed by atoms with van der Waals surface area (Å²) in [5.41, 5.74) is 0.899. The number of aliphatic carboxylic acids is 1. The Morgan fingerprint density at radius 1 is 1.41 bits per heavy atom. The normalized spacial score (nSPS) is 16.7. The highest BCUT2D eigenvalue weighted by Gasteiger charge is 2.51. The van der Waals surface area contributed by atoms with Crippen molar-refractivity contribution in [3.05, 3.63) is 29.8 Å². The summed E-state index contributed by atoms with van der Waals surface area (Å²) in [5, 5.41) is 22.9. The van der Waals surface area contributed by atoms with E-state index in [4.69, 9.17) is 0 Å². The second-order valence-corrected chi connectivity index (χ2v) is 4.20. The first-order chi connectivity index (χ1) is 8.22. The molecule has 1 aromatic carbocycles. The molecule has 2 N–H and O–H groups in total. The van der Waals surface area contributed by atoms with Crippen LogP contribution in [0.25, 0.3) is 11.4 Å². The Labute approximate surface area is 96.7 Å². The maximum Gasteiger partial charge on any atom is 0.314 e. The van der Waals surface area contributed by atoms with Gasteiger partial charge >= 0.3 is 5.97 Å². The number of hydrogen-bond acceptors (Lipinski definition) is 4. The van der Waals surface area contributed by atoms with E-state index in [1.54, 1.807) is 0 Å². The molecule has 0 aliphatic heterocycles. The number of tetrazole rings is 1. The Morgan fingerprint density at radius 2 is 2.24 bits per heavy atom. The van der Waals surface area contributed by atoms with E-state index in [0.717, 1.165) is 11.1 Å². The molecule has 1 aliphatic carbocycles. The molecule has 1 aliphatic rings. The van der Waals surface area contributed by atoms with Gasteiger partial charge in [-0.2, -0.15) is 5.21 Å². The van der Waals surface area contributed by atoms with Gasteiger partial charge in [-0.25, -0.2) is 0 Å². The smallest absolute Gasteiger partial charge is 0.314 e. The SMILES string of the molecule is O=C(O)C1(c2cccc(-c3nn[nH]n3)c2)CC1. The van der Waals surface area contributed by atoms with E-state index < -0.39 is 11.4 Å². The fourth-order valence-corrected chi connectivity index (χ4v) is 1.99. The van der Waals surface area contributed by atoms with Gasteiger partial charge in [-0.3, -0.25) is 4.79 Å². The summed E-state index contributed by atoms with van der Waals surface area (Å²) in [4.78, 5) is 11.2. The Kier molecular flexibility index (Phi) is 1.98. The third-order valence-corrected chi connectivity index (χ3v) is 3.18. The maximum absolute atomic E-state index is 11.2. The summed E-state index contributed by atoms with van der Waals surface area (Å²) in [7, 11) is 0. The summed E-state index contributed by atoms with van der Waals surface area (Å²) < 4.78 is 0. The largest absolute Gasteiger partial charge is 0.481 e. The van der Waals surface area contributed by atoms with E-state index in [1.807, 2.05) is 24.3 Å². The van der Waals surface area contributed by atoms with Crippen molar-refractivity contribution in [2.24, 2.45) is 0 Å². The Hall–Kier alpha value is -2.24. The van der Waals surface area contributed by atoms with E-state index in [2.05, 4.69) is 20.6 Å². The van der Waals surface area contributed by atoms with Crippen molar-refractivity contribution in [1.29, 1.82) is 0 Å². The van der Waals surface area contributed by atoms with Gasteiger partial charge in [-0.05, 0) is 29.7 Å². The van der Waals surface area contributed by atoms with Crippen LogP contribution in [0.15, 0.2) is 24.3 Å². The number of nitrogens with zero attached hydrogens (tertiary/aromatic N) is 3. The number of carboxylic acid groups (broad SMARTS) is 1. The molecule has 17 heavy (non-hydrogen) atoms. The lowest BCUT2D eigenvalue weighted by atomic mass is 9.94. The Morgan fingerprint density at radius 3 is 2.82 bits per heavy atom. The van der Waals surface area contributed by atoms with Crippen LogP contribution in [-0.2, 0) is 10.2 Å². The Bertz CT molecular complexity index is 561. The highest BCUT2D eigenvalue weighted by atomic mass is 16.4. The van der Waals surface area contributed by atoms with Gasteiger partial charge in [0.05, 0.1) is 5.41 Å². The number of carbonyl (C=O) groups is 1. The molecule has 0 bridgehead atoms. The van der Waals surface area contributed by atoms with Crippen molar-refractivity contribution >= 4 is 5.97 Å². The minimum Gasteiger partial charge on any atom is -0.481 e. The van der Waals surface area contributed by atoms with Crippen LogP contribution in [0.2, 0.25) is 0 Å². The van der Waals surface area contributed by atoms with Gasteiger partial charge in [0.25, 0.3) is 0 Å². The molecule has 2 aromatic rings. The molecule has 0 radical (unpaired) electrons. The van der Waals surface area contributed by atoms with Crippen molar-refractivity contribution in [2.45, 2.75) is 18.3 Å². The lowest BCUT2D eigenvalue weighted by Gasteiger charge is -2.10. The van der Waals surface area contributed by atoms with Crippen LogP contribution < -0.4 is 0 Å². The summed E-state index contributed by atoms with van der Waals surface area (Å²) in [6.07, 6.45) is 1.38. The quantitative estimate of drug-likeness (QED) is 0.820. The molecule has 0 amide bonds. The molecule has 0 spiro atoms.